The number of carbonyl (C=O) groups is 1. The Balaban J connectivity index is 1.89. The van der Waals surface area contributed by atoms with E-state index in [0.29, 0.717) is 17.3 Å². The number of halogens is 1. The number of benzene rings is 2. The highest BCUT2D eigenvalue weighted by atomic mass is 32.2. The number of thioether (sulfide) groups is 1. The Hall–Kier alpha value is -3.53. The van der Waals surface area contributed by atoms with E-state index in [1.807, 2.05) is 0 Å². The summed E-state index contributed by atoms with van der Waals surface area (Å²) < 4.78 is 18.4. The fraction of sp³-hybridized carbons (Fsp3) is 0. The largest absolute Gasteiger partial charge is 0.477 e. The molecule has 0 radical (unpaired) electrons. The number of para-hydroxylation sites is 1. The average Bonchev–Trinajstić information content (AvgIpc) is 3.10. The third-order valence-electron chi connectivity index (χ3n) is 3.33. The van der Waals surface area contributed by atoms with Crippen molar-refractivity contribution < 1.29 is 23.6 Å². The first-order chi connectivity index (χ1) is 12.9. The van der Waals surface area contributed by atoms with E-state index < -0.39 is 16.7 Å². The van der Waals surface area contributed by atoms with Crippen LogP contribution in [0.2, 0.25) is 0 Å². The molecule has 27 heavy (non-hydrogen) atoms. The molecular formula is C17H10FN3O5S. The Morgan fingerprint density at radius 3 is 2.56 bits per heavy atom. The molecule has 0 bridgehead atoms. The summed E-state index contributed by atoms with van der Waals surface area (Å²) in [5, 5.41) is 27.9. The van der Waals surface area contributed by atoms with Gasteiger partial charge in [0.05, 0.1) is 10.5 Å². The van der Waals surface area contributed by atoms with E-state index in [0.717, 1.165) is 6.08 Å². The van der Waals surface area contributed by atoms with Crippen molar-refractivity contribution in [1.29, 1.82) is 0 Å². The Labute approximate surface area is 155 Å². The van der Waals surface area contributed by atoms with Crippen molar-refractivity contribution in [3.8, 4) is 11.5 Å². The quantitative estimate of drug-likeness (QED) is 0.292. The lowest BCUT2D eigenvalue weighted by Crippen LogP contribution is -1.98. The number of carboxylic acids is 1. The lowest BCUT2D eigenvalue weighted by Gasteiger charge is -2.00. The van der Waals surface area contributed by atoms with Gasteiger partial charge < -0.3 is 9.52 Å². The molecule has 0 atom stereocenters. The first-order valence-corrected chi connectivity index (χ1v) is 8.21. The van der Waals surface area contributed by atoms with Crippen molar-refractivity contribution in [3.05, 3.63) is 74.9 Å². The standard InChI is InChI=1S/C17H10FN3O5S/c18-12-7-5-10(6-8-12)15-19-20-17(26-15)27-14(16(22)23)9-11-3-1-2-4-13(11)21(24)25/h1-9H,(H,22,23)/b14-9+. The second-order valence-corrected chi connectivity index (χ2v) is 6.10. The number of aromatic nitrogens is 2. The molecule has 1 N–H and O–H groups in total. The predicted molar refractivity (Wildman–Crippen MR) is 94.3 cm³/mol. The van der Waals surface area contributed by atoms with Crippen LogP contribution in [-0.2, 0) is 4.79 Å². The van der Waals surface area contributed by atoms with Gasteiger partial charge in [0, 0.05) is 11.6 Å². The second kappa shape index (κ2) is 7.79. The molecule has 2 aromatic carbocycles. The van der Waals surface area contributed by atoms with Crippen LogP contribution in [0.3, 0.4) is 0 Å². The Kier molecular flexibility index (Phi) is 5.27. The van der Waals surface area contributed by atoms with Gasteiger partial charge in [-0.05, 0) is 48.2 Å². The van der Waals surface area contributed by atoms with Crippen molar-refractivity contribution >= 4 is 29.5 Å². The zero-order valence-electron chi connectivity index (χ0n) is 13.4. The summed E-state index contributed by atoms with van der Waals surface area (Å²) in [4.78, 5) is 21.7. The van der Waals surface area contributed by atoms with Gasteiger partial charge in [0.2, 0.25) is 5.89 Å². The fourth-order valence-corrected chi connectivity index (χ4v) is 2.77. The van der Waals surface area contributed by atoms with Crippen molar-refractivity contribution in [2.24, 2.45) is 0 Å². The molecule has 0 fully saturated rings. The number of hydrogen-bond donors (Lipinski definition) is 1. The van der Waals surface area contributed by atoms with E-state index >= 15 is 0 Å². The van der Waals surface area contributed by atoms with E-state index in [-0.39, 0.29) is 27.3 Å². The summed E-state index contributed by atoms with van der Waals surface area (Å²) in [6, 6.07) is 11.1. The summed E-state index contributed by atoms with van der Waals surface area (Å²) in [6.07, 6.45) is 1.16. The highest BCUT2D eigenvalue weighted by Gasteiger charge is 2.18. The van der Waals surface area contributed by atoms with Gasteiger partial charge in [-0.1, -0.05) is 12.1 Å². The fourth-order valence-electron chi connectivity index (χ4n) is 2.11. The number of nitro groups is 1. The molecule has 0 aliphatic rings. The van der Waals surface area contributed by atoms with Crippen molar-refractivity contribution in [2.45, 2.75) is 5.22 Å². The van der Waals surface area contributed by atoms with E-state index in [1.165, 1.54) is 42.5 Å². The third-order valence-corrected chi connectivity index (χ3v) is 4.18. The molecule has 136 valence electrons. The number of rotatable bonds is 6. The van der Waals surface area contributed by atoms with Crippen LogP contribution in [0, 0.1) is 15.9 Å². The molecule has 3 aromatic rings. The molecule has 1 heterocycles. The minimum absolute atomic E-state index is 0.0680. The van der Waals surface area contributed by atoms with Crippen LogP contribution < -0.4 is 0 Å². The molecule has 10 heteroatoms. The van der Waals surface area contributed by atoms with Crippen LogP contribution in [0.15, 0.2) is 63.1 Å². The minimum Gasteiger partial charge on any atom is -0.477 e. The van der Waals surface area contributed by atoms with Gasteiger partial charge in [0.1, 0.15) is 10.7 Å². The molecule has 0 spiro atoms. The maximum atomic E-state index is 13.0. The number of nitrogens with zero attached hydrogens (tertiary/aromatic N) is 3. The summed E-state index contributed by atoms with van der Waals surface area (Å²) >= 11 is 0.655. The summed E-state index contributed by atoms with van der Waals surface area (Å²) in [5.74, 6) is -1.64. The van der Waals surface area contributed by atoms with Gasteiger partial charge in [-0.2, -0.15) is 0 Å². The van der Waals surface area contributed by atoms with Crippen LogP contribution in [0.4, 0.5) is 10.1 Å². The Morgan fingerprint density at radius 1 is 1.19 bits per heavy atom. The first-order valence-electron chi connectivity index (χ1n) is 7.40. The van der Waals surface area contributed by atoms with E-state index in [1.54, 1.807) is 6.07 Å². The highest BCUT2D eigenvalue weighted by Crippen LogP contribution is 2.31. The lowest BCUT2D eigenvalue weighted by molar-refractivity contribution is -0.385. The zero-order valence-corrected chi connectivity index (χ0v) is 14.2. The number of hydrogen-bond acceptors (Lipinski definition) is 7. The van der Waals surface area contributed by atoms with Gasteiger partial charge >= 0.3 is 5.97 Å². The van der Waals surface area contributed by atoms with Gasteiger partial charge in [-0.15, -0.1) is 10.2 Å². The third kappa shape index (κ3) is 4.36. The summed E-state index contributed by atoms with van der Waals surface area (Å²) in [7, 11) is 0. The maximum Gasteiger partial charge on any atom is 0.342 e. The average molecular weight is 387 g/mol. The molecule has 0 unspecified atom stereocenters. The zero-order chi connectivity index (χ0) is 19.4. The second-order valence-electron chi connectivity index (χ2n) is 5.11. The Bertz CT molecular complexity index is 1030. The van der Waals surface area contributed by atoms with Gasteiger partial charge in [0.15, 0.2) is 0 Å². The number of aliphatic carboxylic acids is 1. The summed E-state index contributed by atoms with van der Waals surface area (Å²) in [6.45, 7) is 0. The van der Waals surface area contributed by atoms with Crippen molar-refractivity contribution in [2.75, 3.05) is 0 Å². The molecule has 0 amide bonds. The van der Waals surface area contributed by atoms with Gasteiger partial charge in [-0.25, -0.2) is 9.18 Å². The van der Waals surface area contributed by atoms with Crippen LogP contribution >= 0.6 is 11.8 Å². The molecule has 0 aliphatic heterocycles. The normalized spacial score (nSPS) is 11.4. The molecule has 0 saturated carbocycles. The molecule has 0 saturated heterocycles. The van der Waals surface area contributed by atoms with Crippen LogP contribution in [-0.4, -0.2) is 26.2 Å². The predicted octanol–water partition coefficient (Wildman–Crippen LogP) is 4.00. The molecule has 3 rings (SSSR count). The van der Waals surface area contributed by atoms with E-state index in [2.05, 4.69) is 10.2 Å². The van der Waals surface area contributed by atoms with Crippen molar-refractivity contribution in [1.82, 2.24) is 10.2 Å². The SMILES string of the molecule is O=C(O)/C(=C\c1ccccc1[N+](=O)[O-])Sc1nnc(-c2ccc(F)cc2)o1. The molecule has 0 aliphatic carbocycles. The van der Waals surface area contributed by atoms with Crippen LogP contribution in [0.1, 0.15) is 5.56 Å². The van der Waals surface area contributed by atoms with E-state index in [4.69, 9.17) is 4.42 Å². The summed E-state index contributed by atoms with van der Waals surface area (Å²) in [5.41, 5.74) is 0.371. The molecule has 1 aromatic heterocycles. The van der Waals surface area contributed by atoms with Crippen LogP contribution in [0.25, 0.3) is 17.5 Å². The Morgan fingerprint density at radius 2 is 1.89 bits per heavy atom. The van der Waals surface area contributed by atoms with Gasteiger partial charge in [0.25, 0.3) is 10.9 Å². The first kappa shape index (κ1) is 18.3. The molecular weight excluding hydrogens is 377 g/mol. The molecule has 8 nitrogen and oxygen atoms in total. The smallest absolute Gasteiger partial charge is 0.342 e. The lowest BCUT2D eigenvalue weighted by atomic mass is 10.1. The van der Waals surface area contributed by atoms with Gasteiger partial charge in [-0.3, -0.25) is 10.1 Å². The number of carboxylic acid groups (broad SMARTS) is 1. The monoisotopic (exact) mass is 387 g/mol. The highest BCUT2D eigenvalue weighted by molar-refractivity contribution is 8.03. The number of nitro benzene ring substituents is 1. The van der Waals surface area contributed by atoms with E-state index in [9.17, 15) is 24.4 Å². The minimum atomic E-state index is -1.31. The van der Waals surface area contributed by atoms with Crippen LogP contribution in [0.5, 0.6) is 0 Å². The topological polar surface area (TPSA) is 119 Å². The maximum absolute atomic E-state index is 13.0. The van der Waals surface area contributed by atoms with Crippen molar-refractivity contribution in [3.63, 3.8) is 0 Å².